The smallest absolute Gasteiger partial charge is 0.411 e. The molecule has 0 spiro atoms. The van der Waals surface area contributed by atoms with Crippen molar-refractivity contribution in [2.24, 2.45) is 5.92 Å². The Kier molecular flexibility index (Phi) is 5.93. The van der Waals surface area contributed by atoms with Crippen molar-refractivity contribution in [1.82, 2.24) is 5.32 Å². The Bertz CT molecular complexity index is 577. The summed E-state index contributed by atoms with van der Waals surface area (Å²) in [6, 6.07) is 4.87. The zero-order chi connectivity index (χ0) is 17.7. The summed E-state index contributed by atoms with van der Waals surface area (Å²) in [5, 5.41) is 2.65. The molecule has 0 unspecified atom stereocenters. The van der Waals surface area contributed by atoms with E-state index in [4.69, 9.17) is 9.47 Å². The quantitative estimate of drug-likeness (QED) is 0.858. The third kappa shape index (κ3) is 5.30. The maximum atomic E-state index is 12.2. The van der Waals surface area contributed by atoms with E-state index in [-0.39, 0.29) is 19.1 Å². The number of amides is 1. The van der Waals surface area contributed by atoms with Crippen LogP contribution in [0.2, 0.25) is 0 Å². The highest BCUT2D eigenvalue weighted by Gasteiger charge is 2.29. The fraction of sp³-hybridized carbons (Fsp3) is 0.562. The first-order chi connectivity index (χ1) is 11.3. The van der Waals surface area contributed by atoms with E-state index in [1.165, 1.54) is 0 Å². The van der Waals surface area contributed by atoms with Gasteiger partial charge >= 0.3 is 6.18 Å². The first kappa shape index (κ1) is 18.4. The first-order valence-corrected chi connectivity index (χ1v) is 7.53. The fourth-order valence-electron chi connectivity index (χ4n) is 2.40. The number of rotatable bonds is 6. The number of nitrogens with one attached hydrogen (secondary N) is 1. The summed E-state index contributed by atoms with van der Waals surface area (Å²) in [4.78, 5) is 12.2. The van der Waals surface area contributed by atoms with Gasteiger partial charge in [0, 0.05) is 12.1 Å². The second kappa shape index (κ2) is 7.74. The van der Waals surface area contributed by atoms with Crippen molar-refractivity contribution in [2.75, 3.05) is 26.9 Å². The van der Waals surface area contributed by atoms with Crippen LogP contribution in [0, 0.1) is 5.92 Å². The Morgan fingerprint density at radius 1 is 1.46 bits per heavy atom. The van der Waals surface area contributed by atoms with E-state index in [0.717, 1.165) is 5.56 Å². The molecule has 2 rings (SSSR count). The maximum absolute atomic E-state index is 12.2. The molecule has 0 fully saturated rings. The molecule has 1 heterocycles. The molecule has 1 N–H and O–H groups in total. The predicted octanol–water partition coefficient (Wildman–Crippen LogP) is 2.33. The van der Waals surface area contributed by atoms with Crippen LogP contribution in [0.25, 0.3) is 0 Å². The molecule has 1 aliphatic rings. The van der Waals surface area contributed by atoms with Gasteiger partial charge in [0.2, 0.25) is 5.91 Å². The van der Waals surface area contributed by atoms with Gasteiger partial charge in [0.25, 0.3) is 0 Å². The van der Waals surface area contributed by atoms with E-state index in [1.807, 2.05) is 6.07 Å². The molecule has 1 aliphatic heterocycles. The Morgan fingerprint density at radius 2 is 2.21 bits per heavy atom. The molecule has 0 bridgehead atoms. The maximum Gasteiger partial charge on any atom is 0.411 e. The molecule has 5 nitrogen and oxygen atoms in total. The van der Waals surface area contributed by atoms with Crippen LogP contribution < -0.4 is 14.8 Å². The van der Waals surface area contributed by atoms with Crippen LogP contribution in [0.4, 0.5) is 13.2 Å². The molecule has 1 aromatic carbocycles. The summed E-state index contributed by atoms with van der Waals surface area (Å²) in [6.45, 7) is 0.278. The second-order valence-corrected chi connectivity index (χ2v) is 5.73. The zero-order valence-corrected chi connectivity index (χ0v) is 13.5. The molecule has 8 heteroatoms. The van der Waals surface area contributed by atoms with Crippen LogP contribution in [0.1, 0.15) is 12.5 Å². The molecule has 0 aliphatic carbocycles. The van der Waals surface area contributed by atoms with Crippen molar-refractivity contribution >= 4 is 5.91 Å². The van der Waals surface area contributed by atoms with Crippen molar-refractivity contribution < 1.29 is 32.2 Å². The number of ether oxygens (including phenoxy) is 3. The summed E-state index contributed by atoms with van der Waals surface area (Å²) < 4.78 is 51.3. The number of hydrogen-bond acceptors (Lipinski definition) is 4. The van der Waals surface area contributed by atoms with Crippen LogP contribution in [0.15, 0.2) is 18.2 Å². The van der Waals surface area contributed by atoms with E-state index in [0.29, 0.717) is 17.9 Å². The van der Waals surface area contributed by atoms with Gasteiger partial charge in [-0.25, -0.2) is 0 Å². The Labute approximate surface area is 138 Å². The Morgan fingerprint density at radius 3 is 2.88 bits per heavy atom. The summed E-state index contributed by atoms with van der Waals surface area (Å²) in [5.74, 6) is 0.697. The van der Waals surface area contributed by atoms with Crippen LogP contribution in [0.3, 0.4) is 0 Å². The van der Waals surface area contributed by atoms with Crippen molar-refractivity contribution in [3.05, 3.63) is 23.8 Å². The minimum absolute atomic E-state index is 0.202. The average Bonchev–Trinajstić information content (AvgIpc) is 2.52. The second-order valence-electron chi connectivity index (χ2n) is 5.73. The number of fused-ring (bicyclic) bond motifs is 1. The normalized spacial score (nSPS) is 18.3. The molecular formula is C16H20F3NO4. The van der Waals surface area contributed by atoms with Gasteiger partial charge in [-0.2, -0.15) is 13.2 Å². The number of methoxy groups -OCH3 is 1. The number of halogens is 3. The number of benzene rings is 1. The van der Waals surface area contributed by atoms with Gasteiger partial charge in [0.05, 0.1) is 19.6 Å². The zero-order valence-electron chi connectivity index (χ0n) is 13.5. The van der Waals surface area contributed by atoms with Crippen molar-refractivity contribution in [2.45, 2.75) is 25.6 Å². The van der Waals surface area contributed by atoms with Crippen LogP contribution in [0.5, 0.6) is 11.5 Å². The monoisotopic (exact) mass is 347 g/mol. The summed E-state index contributed by atoms with van der Waals surface area (Å²) in [5.41, 5.74) is 0.892. The van der Waals surface area contributed by atoms with Crippen LogP contribution in [-0.4, -0.2) is 45.1 Å². The summed E-state index contributed by atoms with van der Waals surface area (Å²) in [6.07, 6.45) is -3.87. The highest BCUT2D eigenvalue weighted by Crippen LogP contribution is 2.31. The molecule has 24 heavy (non-hydrogen) atoms. The minimum Gasteiger partial charge on any atom is -0.497 e. The van der Waals surface area contributed by atoms with E-state index < -0.39 is 24.7 Å². The lowest BCUT2D eigenvalue weighted by Gasteiger charge is -2.26. The van der Waals surface area contributed by atoms with Gasteiger partial charge in [-0.1, -0.05) is 6.07 Å². The van der Waals surface area contributed by atoms with E-state index >= 15 is 0 Å². The molecule has 134 valence electrons. The summed E-state index contributed by atoms with van der Waals surface area (Å²) >= 11 is 0. The van der Waals surface area contributed by atoms with Crippen molar-refractivity contribution in [3.8, 4) is 11.5 Å². The van der Waals surface area contributed by atoms with Gasteiger partial charge in [-0.05, 0) is 25.0 Å². The van der Waals surface area contributed by atoms with Gasteiger partial charge in [-0.3, -0.25) is 4.79 Å². The standard InChI is InChI=1S/C16H20F3NO4/c1-10(7-23-9-16(17,18)19)20-15(21)12-5-11-3-4-13(22-2)6-14(11)24-8-12/h3-4,6,10,12H,5,7-9H2,1-2H3,(H,20,21)/t10-,12+/m0/s1. The molecule has 0 saturated heterocycles. The van der Waals surface area contributed by atoms with Crippen molar-refractivity contribution in [1.29, 1.82) is 0 Å². The molecule has 0 radical (unpaired) electrons. The third-order valence-corrected chi connectivity index (χ3v) is 3.57. The molecule has 0 aromatic heterocycles. The predicted molar refractivity (Wildman–Crippen MR) is 80.2 cm³/mol. The third-order valence-electron chi connectivity index (χ3n) is 3.57. The highest BCUT2D eigenvalue weighted by atomic mass is 19.4. The SMILES string of the molecule is COc1ccc2c(c1)OC[C@H](C(=O)N[C@@H](C)COCC(F)(F)F)C2. The molecule has 2 atom stereocenters. The average molecular weight is 347 g/mol. The van der Waals surface area contributed by atoms with Crippen molar-refractivity contribution in [3.63, 3.8) is 0 Å². The number of carbonyl (C=O) groups is 1. The number of hydrogen-bond donors (Lipinski definition) is 1. The highest BCUT2D eigenvalue weighted by molar-refractivity contribution is 5.79. The van der Waals surface area contributed by atoms with E-state index in [1.54, 1.807) is 26.2 Å². The lowest BCUT2D eigenvalue weighted by molar-refractivity contribution is -0.175. The fourth-order valence-corrected chi connectivity index (χ4v) is 2.40. The Balaban J connectivity index is 1.83. The van der Waals surface area contributed by atoms with Gasteiger partial charge in [0.15, 0.2) is 0 Å². The topological polar surface area (TPSA) is 56.8 Å². The molecule has 0 saturated carbocycles. The van der Waals surface area contributed by atoms with Gasteiger partial charge in [-0.15, -0.1) is 0 Å². The van der Waals surface area contributed by atoms with E-state index in [9.17, 15) is 18.0 Å². The molecule has 1 amide bonds. The van der Waals surface area contributed by atoms with Gasteiger partial charge < -0.3 is 19.5 Å². The first-order valence-electron chi connectivity index (χ1n) is 7.53. The van der Waals surface area contributed by atoms with Crippen LogP contribution >= 0.6 is 0 Å². The van der Waals surface area contributed by atoms with E-state index in [2.05, 4.69) is 10.1 Å². The lowest BCUT2D eigenvalue weighted by Crippen LogP contribution is -2.43. The molecular weight excluding hydrogens is 327 g/mol. The number of carbonyl (C=O) groups excluding carboxylic acids is 1. The number of alkyl halides is 3. The Hall–Kier alpha value is -1.96. The summed E-state index contributed by atoms with van der Waals surface area (Å²) in [7, 11) is 1.56. The van der Waals surface area contributed by atoms with Gasteiger partial charge in [0.1, 0.15) is 24.7 Å². The largest absolute Gasteiger partial charge is 0.497 e. The lowest BCUT2D eigenvalue weighted by atomic mass is 9.95. The van der Waals surface area contributed by atoms with Crippen LogP contribution in [-0.2, 0) is 16.0 Å². The molecule has 1 aromatic rings. The minimum atomic E-state index is -4.37.